The zero-order valence-corrected chi connectivity index (χ0v) is 11.9. The van der Waals surface area contributed by atoms with E-state index in [1.165, 1.54) is 0 Å². The molecule has 0 N–H and O–H groups in total. The minimum atomic E-state index is -3.56. The van der Waals surface area contributed by atoms with Crippen LogP contribution in [0, 0.1) is 0 Å². The molecule has 6 heteroatoms. The molecule has 90 valence electrons. The van der Waals surface area contributed by atoms with Crippen LogP contribution in [0.15, 0.2) is 18.2 Å². The standard InChI is InChI=1S/C10H11Cl3O2S/c1-10(2,6-16(13,14)15)7-3-4-8(11)9(12)5-7/h3-5H,6H2,1-2H3. The molecule has 1 aromatic rings. The van der Waals surface area contributed by atoms with E-state index >= 15 is 0 Å². The quantitative estimate of drug-likeness (QED) is 0.795. The van der Waals surface area contributed by atoms with Crippen molar-refractivity contribution in [2.75, 3.05) is 5.75 Å². The molecule has 0 unspecified atom stereocenters. The fourth-order valence-electron chi connectivity index (χ4n) is 1.43. The van der Waals surface area contributed by atoms with Crippen LogP contribution in [0.1, 0.15) is 19.4 Å². The lowest BCUT2D eigenvalue weighted by Crippen LogP contribution is -2.25. The van der Waals surface area contributed by atoms with Crippen molar-refractivity contribution in [2.45, 2.75) is 19.3 Å². The fraction of sp³-hybridized carbons (Fsp3) is 0.400. The van der Waals surface area contributed by atoms with E-state index < -0.39 is 14.5 Å². The van der Waals surface area contributed by atoms with Gasteiger partial charge in [0.05, 0.1) is 15.8 Å². The Bertz CT molecular complexity index is 495. The minimum absolute atomic E-state index is 0.153. The van der Waals surface area contributed by atoms with Gasteiger partial charge in [0.15, 0.2) is 0 Å². The molecule has 2 nitrogen and oxygen atoms in total. The summed E-state index contributed by atoms with van der Waals surface area (Å²) in [5.41, 5.74) is 0.181. The van der Waals surface area contributed by atoms with Crippen molar-refractivity contribution >= 4 is 42.9 Å². The van der Waals surface area contributed by atoms with Crippen molar-refractivity contribution in [3.8, 4) is 0 Å². The summed E-state index contributed by atoms with van der Waals surface area (Å²) in [6, 6.07) is 5.05. The summed E-state index contributed by atoms with van der Waals surface area (Å²) in [5.74, 6) is -0.153. The summed E-state index contributed by atoms with van der Waals surface area (Å²) in [6.07, 6.45) is 0. The predicted octanol–water partition coefficient (Wildman–Crippen LogP) is 3.84. The molecular formula is C10H11Cl3O2S. The van der Waals surface area contributed by atoms with Gasteiger partial charge in [-0.2, -0.15) is 0 Å². The maximum atomic E-state index is 11.1. The molecule has 0 saturated carbocycles. The Kier molecular flexibility index (Phi) is 4.17. The maximum absolute atomic E-state index is 11.1. The number of rotatable bonds is 3. The third-order valence-electron chi connectivity index (χ3n) is 2.23. The van der Waals surface area contributed by atoms with Crippen LogP contribution in [0.4, 0.5) is 0 Å². The van der Waals surface area contributed by atoms with Crippen molar-refractivity contribution in [2.24, 2.45) is 0 Å². The van der Waals surface area contributed by atoms with E-state index in [2.05, 4.69) is 0 Å². The molecule has 0 amide bonds. The zero-order chi connectivity index (χ0) is 12.6. The van der Waals surface area contributed by atoms with Gasteiger partial charge in [-0.1, -0.05) is 43.1 Å². The summed E-state index contributed by atoms with van der Waals surface area (Å²) in [7, 11) is 1.70. The summed E-state index contributed by atoms with van der Waals surface area (Å²) in [6.45, 7) is 3.57. The Labute approximate surface area is 110 Å². The summed E-state index contributed by atoms with van der Waals surface area (Å²) < 4.78 is 22.2. The van der Waals surface area contributed by atoms with Crippen molar-refractivity contribution in [3.05, 3.63) is 33.8 Å². The van der Waals surface area contributed by atoms with E-state index in [-0.39, 0.29) is 5.75 Å². The Balaban J connectivity index is 3.12. The molecule has 1 rings (SSSR count). The lowest BCUT2D eigenvalue weighted by atomic mass is 9.87. The van der Waals surface area contributed by atoms with Crippen molar-refractivity contribution < 1.29 is 8.42 Å². The van der Waals surface area contributed by atoms with Crippen LogP contribution in [0.3, 0.4) is 0 Å². The second kappa shape index (κ2) is 4.73. The molecule has 0 fully saturated rings. The average molecular weight is 302 g/mol. The highest BCUT2D eigenvalue weighted by molar-refractivity contribution is 8.13. The molecular weight excluding hydrogens is 291 g/mol. The van der Waals surface area contributed by atoms with E-state index in [1.54, 1.807) is 32.0 Å². The molecule has 0 aromatic heterocycles. The number of halogens is 3. The first-order valence-corrected chi connectivity index (χ1v) is 7.73. The number of benzene rings is 1. The highest BCUT2D eigenvalue weighted by Crippen LogP contribution is 2.31. The van der Waals surface area contributed by atoms with Gasteiger partial charge in [0.2, 0.25) is 9.05 Å². The molecule has 0 heterocycles. The predicted molar refractivity (Wildman–Crippen MR) is 69.1 cm³/mol. The number of hydrogen-bond acceptors (Lipinski definition) is 2. The average Bonchev–Trinajstić information content (AvgIpc) is 2.05. The van der Waals surface area contributed by atoms with Crippen LogP contribution in [0.5, 0.6) is 0 Å². The Hall–Kier alpha value is 0.0400. The topological polar surface area (TPSA) is 34.1 Å². The molecule has 0 radical (unpaired) electrons. The Morgan fingerprint density at radius 2 is 1.75 bits per heavy atom. The van der Waals surface area contributed by atoms with Gasteiger partial charge in [0.25, 0.3) is 0 Å². The highest BCUT2D eigenvalue weighted by Gasteiger charge is 2.27. The molecule has 0 saturated heterocycles. The number of hydrogen-bond donors (Lipinski definition) is 0. The molecule has 0 spiro atoms. The molecule has 0 atom stereocenters. The van der Waals surface area contributed by atoms with E-state index in [4.69, 9.17) is 33.9 Å². The fourth-order valence-corrected chi connectivity index (χ4v) is 3.58. The van der Waals surface area contributed by atoms with Crippen molar-refractivity contribution in [1.29, 1.82) is 0 Å². The summed E-state index contributed by atoms with van der Waals surface area (Å²) in [4.78, 5) is 0. The third-order valence-corrected chi connectivity index (χ3v) is 4.37. The SMILES string of the molecule is CC(C)(CS(=O)(=O)Cl)c1ccc(Cl)c(Cl)c1. The van der Waals surface area contributed by atoms with Gasteiger partial charge in [-0.25, -0.2) is 8.42 Å². The summed E-state index contributed by atoms with van der Waals surface area (Å²) >= 11 is 11.7. The third kappa shape index (κ3) is 3.81. The van der Waals surface area contributed by atoms with Crippen LogP contribution >= 0.6 is 33.9 Å². The summed E-state index contributed by atoms with van der Waals surface area (Å²) in [5, 5.41) is 0.842. The lowest BCUT2D eigenvalue weighted by molar-refractivity contribution is 0.558. The lowest BCUT2D eigenvalue weighted by Gasteiger charge is -2.23. The molecule has 1 aromatic carbocycles. The molecule has 0 bridgehead atoms. The van der Waals surface area contributed by atoms with Crippen molar-refractivity contribution in [3.63, 3.8) is 0 Å². The van der Waals surface area contributed by atoms with Crippen LogP contribution in [-0.4, -0.2) is 14.2 Å². The van der Waals surface area contributed by atoms with Crippen LogP contribution in [0.2, 0.25) is 10.0 Å². The van der Waals surface area contributed by atoms with E-state index in [0.29, 0.717) is 10.0 Å². The van der Waals surface area contributed by atoms with Crippen molar-refractivity contribution in [1.82, 2.24) is 0 Å². The second-order valence-corrected chi connectivity index (χ2v) is 7.79. The smallest absolute Gasteiger partial charge is 0.212 e. The van der Waals surface area contributed by atoms with Gasteiger partial charge in [0, 0.05) is 16.1 Å². The van der Waals surface area contributed by atoms with Gasteiger partial charge < -0.3 is 0 Å². The highest BCUT2D eigenvalue weighted by atomic mass is 35.7. The van der Waals surface area contributed by atoms with Gasteiger partial charge in [-0.3, -0.25) is 0 Å². The maximum Gasteiger partial charge on any atom is 0.233 e. The Morgan fingerprint density at radius 3 is 2.19 bits per heavy atom. The first-order valence-electron chi connectivity index (χ1n) is 4.50. The van der Waals surface area contributed by atoms with E-state index in [9.17, 15) is 8.42 Å². The van der Waals surface area contributed by atoms with Crippen LogP contribution in [0.25, 0.3) is 0 Å². The zero-order valence-electron chi connectivity index (χ0n) is 8.80. The van der Waals surface area contributed by atoms with Gasteiger partial charge in [-0.15, -0.1) is 0 Å². The van der Waals surface area contributed by atoms with Gasteiger partial charge in [0.1, 0.15) is 0 Å². The molecule has 0 aliphatic carbocycles. The van der Waals surface area contributed by atoms with E-state index in [1.807, 2.05) is 0 Å². The second-order valence-electron chi connectivity index (χ2n) is 4.20. The molecule has 0 aliphatic heterocycles. The van der Waals surface area contributed by atoms with Crippen LogP contribution < -0.4 is 0 Å². The minimum Gasteiger partial charge on any atom is -0.212 e. The van der Waals surface area contributed by atoms with Gasteiger partial charge in [-0.05, 0) is 17.7 Å². The first-order chi connectivity index (χ1) is 7.12. The molecule has 0 aliphatic rings. The molecule has 16 heavy (non-hydrogen) atoms. The normalized spacial score (nSPS) is 12.8. The van der Waals surface area contributed by atoms with E-state index in [0.717, 1.165) is 5.56 Å². The largest absolute Gasteiger partial charge is 0.233 e. The first kappa shape index (κ1) is 14.1. The van der Waals surface area contributed by atoms with Gasteiger partial charge >= 0.3 is 0 Å². The van der Waals surface area contributed by atoms with Crippen LogP contribution in [-0.2, 0) is 14.5 Å². The monoisotopic (exact) mass is 300 g/mol. The Morgan fingerprint density at radius 1 is 1.19 bits per heavy atom.